The van der Waals surface area contributed by atoms with E-state index in [9.17, 15) is 18.0 Å². The standard InChI is InChI=1S/C31H32BrClN2O4S/c1-31(2,3)28-19-24(26(36)18-22(30(34)37)17-20-9-5-4-6-10-20)29(21-13-15-23(32)16-14-21)35(28)40(38,39)27-12-8-7-11-25(27)33/h4-16,19,22,28-29H,17-18H2,1-3H3,(H2,34,37)/t22-,28+,29?/m1/s1. The average molecular weight is 644 g/mol. The lowest BCUT2D eigenvalue weighted by atomic mass is 9.86. The third-order valence-corrected chi connectivity index (χ3v) is 9.98. The van der Waals surface area contributed by atoms with Gasteiger partial charge in [0.15, 0.2) is 5.78 Å². The molecule has 0 fully saturated rings. The highest BCUT2D eigenvalue weighted by molar-refractivity contribution is 9.10. The van der Waals surface area contributed by atoms with E-state index in [0.717, 1.165) is 10.0 Å². The first kappa shape index (κ1) is 30.2. The van der Waals surface area contributed by atoms with Gasteiger partial charge in [0.1, 0.15) is 4.90 Å². The number of halogens is 2. The molecule has 1 unspecified atom stereocenters. The van der Waals surface area contributed by atoms with Crippen LogP contribution in [0.1, 0.15) is 44.4 Å². The zero-order valence-corrected chi connectivity index (χ0v) is 25.7. The van der Waals surface area contributed by atoms with Crippen molar-refractivity contribution in [2.24, 2.45) is 17.1 Å². The zero-order valence-electron chi connectivity index (χ0n) is 22.6. The number of nitrogens with zero attached hydrogens (tertiary/aromatic N) is 1. The average Bonchev–Trinajstić information content (AvgIpc) is 3.32. The Morgan fingerprint density at radius 1 is 0.975 bits per heavy atom. The van der Waals surface area contributed by atoms with Gasteiger partial charge < -0.3 is 5.73 Å². The van der Waals surface area contributed by atoms with Gasteiger partial charge in [0.05, 0.1) is 11.1 Å². The molecule has 1 aliphatic heterocycles. The summed E-state index contributed by atoms with van der Waals surface area (Å²) < 4.78 is 30.8. The first-order valence-electron chi connectivity index (χ1n) is 12.9. The lowest BCUT2D eigenvalue weighted by Crippen LogP contribution is -2.45. The van der Waals surface area contributed by atoms with Gasteiger partial charge in [-0.1, -0.05) is 109 Å². The van der Waals surface area contributed by atoms with Crippen molar-refractivity contribution in [3.05, 3.63) is 111 Å². The van der Waals surface area contributed by atoms with Gasteiger partial charge in [0, 0.05) is 28.4 Å². The molecule has 0 aliphatic carbocycles. The number of carbonyl (C=O) groups excluding carboxylic acids is 2. The quantitative estimate of drug-likeness (QED) is 0.288. The van der Waals surface area contributed by atoms with Gasteiger partial charge in [-0.05, 0) is 47.2 Å². The van der Waals surface area contributed by atoms with Gasteiger partial charge in [-0.25, -0.2) is 8.42 Å². The van der Waals surface area contributed by atoms with E-state index >= 15 is 0 Å². The maximum absolute atomic E-state index is 14.3. The largest absolute Gasteiger partial charge is 0.369 e. The molecule has 3 aromatic carbocycles. The number of sulfonamides is 1. The highest BCUT2D eigenvalue weighted by Gasteiger charge is 2.50. The molecule has 210 valence electrons. The molecule has 0 radical (unpaired) electrons. The molecule has 0 spiro atoms. The van der Waals surface area contributed by atoms with Crippen LogP contribution >= 0.6 is 27.5 Å². The fourth-order valence-corrected chi connectivity index (χ4v) is 7.72. The molecule has 4 rings (SSSR count). The topological polar surface area (TPSA) is 97.5 Å². The summed E-state index contributed by atoms with van der Waals surface area (Å²) in [7, 11) is -4.18. The minimum Gasteiger partial charge on any atom is -0.369 e. The van der Waals surface area contributed by atoms with Crippen LogP contribution in [0.15, 0.2) is 99.9 Å². The fraction of sp³-hybridized carbons (Fsp3) is 0.290. The van der Waals surface area contributed by atoms with Crippen LogP contribution in [0, 0.1) is 11.3 Å². The molecule has 0 saturated carbocycles. The normalized spacial score (nSPS) is 18.8. The van der Waals surface area contributed by atoms with Crippen LogP contribution in [0.5, 0.6) is 0 Å². The van der Waals surface area contributed by atoms with Crippen molar-refractivity contribution in [1.82, 2.24) is 4.31 Å². The van der Waals surface area contributed by atoms with Crippen LogP contribution in [0.25, 0.3) is 0 Å². The Morgan fingerprint density at radius 2 is 1.57 bits per heavy atom. The molecule has 3 aromatic rings. The van der Waals surface area contributed by atoms with E-state index < -0.39 is 39.3 Å². The predicted octanol–water partition coefficient (Wildman–Crippen LogP) is 6.49. The van der Waals surface area contributed by atoms with Gasteiger partial charge in [0.25, 0.3) is 0 Å². The Morgan fingerprint density at radius 3 is 2.15 bits per heavy atom. The van der Waals surface area contributed by atoms with E-state index in [2.05, 4.69) is 15.9 Å². The first-order valence-corrected chi connectivity index (χ1v) is 15.5. The minimum absolute atomic E-state index is 0.0331. The lowest BCUT2D eigenvalue weighted by molar-refractivity contribution is -0.126. The molecule has 1 aliphatic rings. The van der Waals surface area contributed by atoms with Crippen LogP contribution in [0.2, 0.25) is 5.02 Å². The van der Waals surface area contributed by atoms with Crippen molar-refractivity contribution >= 4 is 49.2 Å². The molecule has 6 nitrogen and oxygen atoms in total. The van der Waals surface area contributed by atoms with E-state index in [1.807, 2.05) is 63.2 Å². The van der Waals surface area contributed by atoms with Crippen molar-refractivity contribution < 1.29 is 18.0 Å². The van der Waals surface area contributed by atoms with Gasteiger partial charge >= 0.3 is 0 Å². The molecular formula is C31H32BrClN2O4S. The number of amides is 1. The highest BCUT2D eigenvalue weighted by Crippen LogP contribution is 2.47. The van der Waals surface area contributed by atoms with Gasteiger partial charge in [-0.15, -0.1) is 0 Å². The summed E-state index contributed by atoms with van der Waals surface area (Å²) in [4.78, 5) is 26.4. The van der Waals surface area contributed by atoms with E-state index in [-0.39, 0.29) is 22.1 Å². The van der Waals surface area contributed by atoms with Crippen LogP contribution in [0.4, 0.5) is 0 Å². The Labute approximate surface area is 249 Å². The number of ketones is 1. The number of hydrogen-bond donors (Lipinski definition) is 1. The molecule has 9 heteroatoms. The zero-order chi connectivity index (χ0) is 29.2. The van der Waals surface area contributed by atoms with E-state index in [0.29, 0.717) is 17.6 Å². The third-order valence-electron chi connectivity index (χ3n) is 7.11. The number of carbonyl (C=O) groups is 2. The summed E-state index contributed by atoms with van der Waals surface area (Å²) in [5.41, 5.74) is 7.00. The highest BCUT2D eigenvalue weighted by atomic mass is 79.9. The SMILES string of the molecule is CC(C)(C)[C@@H]1C=C(C(=O)C[C@@H](Cc2ccccc2)C(N)=O)C(c2ccc(Br)cc2)N1S(=O)(=O)c1ccccc1Cl. The van der Waals surface area contributed by atoms with Crippen LogP contribution in [-0.2, 0) is 26.0 Å². The van der Waals surface area contributed by atoms with Gasteiger partial charge in [-0.3, -0.25) is 9.59 Å². The summed E-state index contributed by atoms with van der Waals surface area (Å²) in [6.45, 7) is 5.78. The molecule has 2 N–H and O–H groups in total. The van der Waals surface area contributed by atoms with Gasteiger partial charge in [-0.2, -0.15) is 4.31 Å². The van der Waals surface area contributed by atoms with E-state index in [1.54, 1.807) is 30.3 Å². The summed E-state index contributed by atoms with van der Waals surface area (Å²) in [5, 5.41) is 0.0983. The number of benzene rings is 3. The monoisotopic (exact) mass is 642 g/mol. The maximum atomic E-state index is 14.3. The second-order valence-corrected chi connectivity index (χ2v) is 14.2. The van der Waals surface area contributed by atoms with Crippen molar-refractivity contribution in [3.8, 4) is 0 Å². The molecule has 1 heterocycles. The van der Waals surface area contributed by atoms with Crippen molar-refractivity contribution in [1.29, 1.82) is 0 Å². The number of primary amides is 1. The summed E-state index contributed by atoms with van der Waals surface area (Å²) >= 11 is 9.84. The van der Waals surface area contributed by atoms with Crippen LogP contribution < -0.4 is 5.73 Å². The lowest BCUT2D eigenvalue weighted by Gasteiger charge is -2.37. The summed E-state index contributed by atoms with van der Waals surface area (Å²) in [5.74, 6) is -1.65. The summed E-state index contributed by atoms with van der Waals surface area (Å²) in [6.07, 6.45) is 1.91. The van der Waals surface area contributed by atoms with Crippen LogP contribution in [-0.4, -0.2) is 30.5 Å². The minimum atomic E-state index is -4.18. The molecule has 1 amide bonds. The Balaban J connectivity index is 1.82. The number of rotatable bonds is 9. The molecule has 0 aromatic heterocycles. The Hall–Kier alpha value is -2.78. The Bertz CT molecular complexity index is 1530. The van der Waals surface area contributed by atoms with Gasteiger partial charge in [0.2, 0.25) is 15.9 Å². The molecule has 0 bridgehead atoms. The van der Waals surface area contributed by atoms with E-state index in [1.165, 1.54) is 16.4 Å². The smallest absolute Gasteiger partial charge is 0.245 e. The van der Waals surface area contributed by atoms with Crippen molar-refractivity contribution in [2.45, 2.75) is 50.6 Å². The van der Waals surface area contributed by atoms with Crippen molar-refractivity contribution in [2.75, 3.05) is 0 Å². The van der Waals surface area contributed by atoms with Crippen LogP contribution in [0.3, 0.4) is 0 Å². The third kappa shape index (κ3) is 6.41. The second-order valence-electron chi connectivity index (χ2n) is 11.1. The number of Topliss-reactive ketones (excluding diaryl/α,β-unsaturated/α-hetero) is 1. The number of hydrogen-bond acceptors (Lipinski definition) is 4. The Kier molecular flexibility index (Phi) is 9.05. The molecule has 3 atom stereocenters. The molecule has 40 heavy (non-hydrogen) atoms. The maximum Gasteiger partial charge on any atom is 0.245 e. The first-order chi connectivity index (χ1) is 18.8. The molecular weight excluding hydrogens is 612 g/mol. The second kappa shape index (κ2) is 12.0. The number of nitrogens with two attached hydrogens (primary N) is 1. The summed E-state index contributed by atoms with van der Waals surface area (Å²) in [6, 6.07) is 21.3. The van der Waals surface area contributed by atoms with Crippen molar-refractivity contribution in [3.63, 3.8) is 0 Å². The van der Waals surface area contributed by atoms with E-state index in [4.69, 9.17) is 17.3 Å². The fourth-order valence-electron chi connectivity index (χ4n) is 5.05. The predicted molar refractivity (Wildman–Crippen MR) is 161 cm³/mol. The molecule has 0 saturated heterocycles.